The van der Waals surface area contributed by atoms with Crippen molar-refractivity contribution >= 4 is 5.82 Å². The topological polar surface area (TPSA) is 64.3 Å². The fourth-order valence-electron chi connectivity index (χ4n) is 2.13. The van der Waals surface area contributed by atoms with Gasteiger partial charge in [-0.2, -0.15) is 0 Å². The third-order valence-electron chi connectivity index (χ3n) is 3.02. The summed E-state index contributed by atoms with van der Waals surface area (Å²) in [4.78, 5) is 10.5. The fourth-order valence-corrected chi connectivity index (χ4v) is 2.13. The number of anilines is 1. The summed E-state index contributed by atoms with van der Waals surface area (Å²) in [6.07, 6.45) is 3.84. The van der Waals surface area contributed by atoms with Crippen LogP contribution in [0.3, 0.4) is 0 Å². The first-order chi connectivity index (χ1) is 7.83. The molecule has 16 heavy (non-hydrogen) atoms. The van der Waals surface area contributed by atoms with E-state index in [1.165, 1.54) is 6.42 Å². The van der Waals surface area contributed by atoms with E-state index in [0.717, 1.165) is 31.9 Å². The van der Waals surface area contributed by atoms with Gasteiger partial charge in [-0.25, -0.2) is 9.97 Å². The highest BCUT2D eigenvalue weighted by Crippen LogP contribution is 2.25. The second-order valence-electron chi connectivity index (χ2n) is 4.10. The molecule has 0 aliphatic carbocycles. The second-order valence-corrected chi connectivity index (χ2v) is 4.10. The molecule has 2 rings (SSSR count). The van der Waals surface area contributed by atoms with Gasteiger partial charge in [0.15, 0.2) is 0 Å². The van der Waals surface area contributed by atoms with Gasteiger partial charge >= 0.3 is 0 Å². The summed E-state index contributed by atoms with van der Waals surface area (Å²) in [5.74, 6) is 2.27. The van der Waals surface area contributed by atoms with Crippen LogP contribution in [0.5, 0.6) is 5.88 Å². The largest absolute Gasteiger partial charge is 0.481 e. The molecule has 0 bridgehead atoms. The number of hydrogen-bond acceptors (Lipinski definition) is 5. The molecule has 0 amide bonds. The van der Waals surface area contributed by atoms with E-state index in [4.69, 9.17) is 10.5 Å². The molecule has 5 nitrogen and oxygen atoms in total. The van der Waals surface area contributed by atoms with Gasteiger partial charge in [0.2, 0.25) is 5.88 Å². The Hall–Kier alpha value is -1.36. The molecule has 5 heteroatoms. The maximum absolute atomic E-state index is 5.57. The van der Waals surface area contributed by atoms with Gasteiger partial charge in [-0.3, -0.25) is 0 Å². The summed E-state index contributed by atoms with van der Waals surface area (Å²) in [6.45, 7) is 2.85. The lowest BCUT2D eigenvalue weighted by molar-refractivity contribution is 0.397. The van der Waals surface area contributed by atoms with Crippen LogP contribution in [0.2, 0.25) is 0 Å². The third kappa shape index (κ3) is 2.41. The molecule has 1 atom stereocenters. The van der Waals surface area contributed by atoms with Crippen LogP contribution in [-0.2, 0) is 0 Å². The van der Waals surface area contributed by atoms with Crippen molar-refractivity contribution in [3.63, 3.8) is 0 Å². The van der Waals surface area contributed by atoms with Crippen LogP contribution < -0.4 is 15.4 Å². The molecular formula is C11H18N4O. The number of aromatic nitrogens is 2. The number of ether oxygens (including phenoxy) is 1. The Bertz CT molecular complexity index is 345. The molecule has 2 heterocycles. The summed E-state index contributed by atoms with van der Waals surface area (Å²) < 4.78 is 5.09. The molecule has 1 aromatic rings. The van der Waals surface area contributed by atoms with Crippen LogP contribution in [-0.4, -0.2) is 36.7 Å². The zero-order valence-electron chi connectivity index (χ0n) is 9.59. The van der Waals surface area contributed by atoms with Gasteiger partial charge in [0.05, 0.1) is 7.11 Å². The minimum atomic E-state index is 0.618. The molecule has 0 saturated carbocycles. The first-order valence-corrected chi connectivity index (χ1v) is 5.64. The first kappa shape index (κ1) is 11.1. The van der Waals surface area contributed by atoms with E-state index in [1.54, 1.807) is 13.4 Å². The van der Waals surface area contributed by atoms with Gasteiger partial charge in [0, 0.05) is 19.2 Å². The lowest BCUT2D eigenvalue weighted by atomic mass is 10.1. The van der Waals surface area contributed by atoms with Crippen LogP contribution in [0.25, 0.3) is 0 Å². The summed E-state index contributed by atoms with van der Waals surface area (Å²) >= 11 is 0. The standard InChI is InChI=1S/C11H18N4O/c1-16-11-6-10(13-8-14-11)15-5-3-9(7-15)2-4-12/h6,8-9H,2-5,7,12H2,1H3. The highest BCUT2D eigenvalue weighted by Gasteiger charge is 2.22. The normalized spacial score (nSPS) is 20.1. The minimum absolute atomic E-state index is 0.618. The summed E-state index contributed by atoms with van der Waals surface area (Å²) in [6, 6.07) is 1.88. The predicted octanol–water partition coefficient (Wildman–Crippen LogP) is 0.660. The summed E-state index contributed by atoms with van der Waals surface area (Å²) in [7, 11) is 1.62. The molecule has 1 fully saturated rings. The van der Waals surface area contributed by atoms with E-state index in [0.29, 0.717) is 11.8 Å². The van der Waals surface area contributed by atoms with Gasteiger partial charge in [0.25, 0.3) is 0 Å². The Kier molecular flexibility index (Phi) is 3.56. The molecule has 2 N–H and O–H groups in total. The summed E-state index contributed by atoms with van der Waals surface area (Å²) in [5, 5.41) is 0. The SMILES string of the molecule is COc1cc(N2CCC(CCN)C2)ncn1. The molecule has 0 aromatic carbocycles. The molecular weight excluding hydrogens is 204 g/mol. The Balaban J connectivity index is 2.02. The van der Waals surface area contributed by atoms with Crippen molar-refractivity contribution in [2.75, 3.05) is 31.6 Å². The van der Waals surface area contributed by atoms with Crippen molar-refractivity contribution in [2.45, 2.75) is 12.8 Å². The Labute approximate surface area is 95.6 Å². The molecule has 0 radical (unpaired) electrons. The Morgan fingerprint density at radius 1 is 1.56 bits per heavy atom. The van der Waals surface area contributed by atoms with Crippen LogP contribution in [0, 0.1) is 5.92 Å². The molecule has 88 valence electrons. The van der Waals surface area contributed by atoms with E-state index in [2.05, 4.69) is 14.9 Å². The first-order valence-electron chi connectivity index (χ1n) is 5.64. The van der Waals surface area contributed by atoms with E-state index < -0.39 is 0 Å². The fraction of sp³-hybridized carbons (Fsp3) is 0.636. The van der Waals surface area contributed by atoms with Crippen molar-refractivity contribution < 1.29 is 4.74 Å². The zero-order valence-corrected chi connectivity index (χ0v) is 9.59. The molecule has 1 aliphatic rings. The van der Waals surface area contributed by atoms with E-state index in [1.807, 2.05) is 6.07 Å². The van der Waals surface area contributed by atoms with Gasteiger partial charge < -0.3 is 15.4 Å². The van der Waals surface area contributed by atoms with Gasteiger partial charge in [-0.1, -0.05) is 0 Å². The summed E-state index contributed by atoms with van der Waals surface area (Å²) in [5.41, 5.74) is 5.57. The quantitative estimate of drug-likeness (QED) is 0.810. The van der Waals surface area contributed by atoms with Gasteiger partial charge in [-0.05, 0) is 25.3 Å². The Morgan fingerprint density at radius 2 is 2.44 bits per heavy atom. The monoisotopic (exact) mass is 222 g/mol. The lowest BCUT2D eigenvalue weighted by Crippen LogP contribution is -2.21. The molecule has 1 unspecified atom stereocenters. The van der Waals surface area contributed by atoms with E-state index in [-0.39, 0.29) is 0 Å². The third-order valence-corrected chi connectivity index (χ3v) is 3.02. The maximum Gasteiger partial charge on any atom is 0.218 e. The predicted molar refractivity (Wildman–Crippen MR) is 62.6 cm³/mol. The van der Waals surface area contributed by atoms with Crippen LogP contribution in [0.1, 0.15) is 12.8 Å². The van der Waals surface area contributed by atoms with Crippen molar-refractivity contribution in [3.05, 3.63) is 12.4 Å². The van der Waals surface area contributed by atoms with Crippen LogP contribution in [0.15, 0.2) is 12.4 Å². The second kappa shape index (κ2) is 5.12. The van der Waals surface area contributed by atoms with E-state index >= 15 is 0 Å². The number of methoxy groups -OCH3 is 1. The maximum atomic E-state index is 5.57. The highest BCUT2D eigenvalue weighted by atomic mass is 16.5. The zero-order chi connectivity index (χ0) is 11.4. The van der Waals surface area contributed by atoms with Crippen molar-refractivity contribution in [1.29, 1.82) is 0 Å². The van der Waals surface area contributed by atoms with E-state index in [9.17, 15) is 0 Å². The van der Waals surface area contributed by atoms with Crippen LogP contribution >= 0.6 is 0 Å². The number of nitrogens with two attached hydrogens (primary N) is 1. The molecule has 0 spiro atoms. The highest BCUT2D eigenvalue weighted by molar-refractivity contribution is 5.41. The molecule has 1 aromatic heterocycles. The van der Waals surface area contributed by atoms with Crippen molar-refractivity contribution in [3.8, 4) is 5.88 Å². The van der Waals surface area contributed by atoms with Crippen molar-refractivity contribution in [2.24, 2.45) is 11.7 Å². The minimum Gasteiger partial charge on any atom is -0.481 e. The molecule has 1 saturated heterocycles. The average molecular weight is 222 g/mol. The lowest BCUT2D eigenvalue weighted by Gasteiger charge is -2.17. The Morgan fingerprint density at radius 3 is 3.19 bits per heavy atom. The van der Waals surface area contributed by atoms with Gasteiger partial charge in [-0.15, -0.1) is 0 Å². The number of nitrogens with zero attached hydrogens (tertiary/aromatic N) is 3. The van der Waals surface area contributed by atoms with Gasteiger partial charge in [0.1, 0.15) is 12.1 Å². The van der Waals surface area contributed by atoms with Crippen molar-refractivity contribution in [1.82, 2.24) is 9.97 Å². The van der Waals surface area contributed by atoms with Crippen LogP contribution in [0.4, 0.5) is 5.82 Å². The molecule has 1 aliphatic heterocycles. The average Bonchev–Trinajstić information content (AvgIpc) is 2.78. The number of hydrogen-bond donors (Lipinski definition) is 1. The smallest absolute Gasteiger partial charge is 0.218 e. The number of rotatable bonds is 4.